The quantitative estimate of drug-likeness (QED) is 0.171. The van der Waals surface area contributed by atoms with E-state index < -0.39 is 0 Å². The van der Waals surface area contributed by atoms with Gasteiger partial charge in [0, 0.05) is 50.3 Å². The summed E-state index contributed by atoms with van der Waals surface area (Å²) in [4.78, 5) is 32.6. The Hall–Kier alpha value is -5.13. The van der Waals surface area contributed by atoms with Crippen molar-refractivity contribution in [2.24, 2.45) is 0 Å². The maximum absolute atomic E-state index is 12.6. The topological polar surface area (TPSA) is 104 Å². The number of nitrogens with one attached hydrogen (secondary N) is 2. The first-order valence-corrected chi connectivity index (χ1v) is 16.5. The molecule has 0 spiro atoms. The molecule has 0 unspecified atom stereocenters. The molecule has 1 saturated carbocycles. The fourth-order valence-electron chi connectivity index (χ4n) is 6.60. The minimum Gasteiger partial charge on any atom is -0.494 e. The summed E-state index contributed by atoms with van der Waals surface area (Å²) in [6.45, 7) is 9.19. The van der Waals surface area contributed by atoms with Crippen LogP contribution in [0.5, 0.6) is 17.2 Å². The van der Waals surface area contributed by atoms with Crippen molar-refractivity contribution >= 4 is 34.6 Å². The van der Waals surface area contributed by atoms with Crippen molar-refractivity contribution < 1.29 is 19.1 Å². The molecule has 48 heavy (non-hydrogen) atoms. The monoisotopic (exact) mass is 647 g/mol. The molecular formula is C37H41N7O4. The molecule has 0 bridgehead atoms. The number of methoxy groups -OCH3 is 1. The Labute approximate surface area is 281 Å². The van der Waals surface area contributed by atoms with Gasteiger partial charge in [0.15, 0.2) is 5.82 Å². The minimum absolute atomic E-state index is 0.0654. The Balaban J connectivity index is 1.13. The highest BCUT2D eigenvalue weighted by Crippen LogP contribution is 2.41. The summed E-state index contributed by atoms with van der Waals surface area (Å²) in [5, 5.41) is 8.24. The van der Waals surface area contributed by atoms with Gasteiger partial charge in [0.05, 0.1) is 36.8 Å². The molecule has 3 aromatic carbocycles. The highest BCUT2D eigenvalue weighted by Gasteiger charge is 2.36. The SMILES string of the molecule is C=CC(=O)Nc1cc(Nc2cc(N3OCC[C@@H]3c3cccc(Oc4ccccc4)c3)ncn2)c(OC)cc1N1CCN(C2CC2)[C@H](C)C1. The second-order valence-corrected chi connectivity index (χ2v) is 12.4. The molecule has 2 aliphatic heterocycles. The van der Waals surface area contributed by atoms with Crippen LogP contribution >= 0.6 is 0 Å². The summed E-state index contributed by atoms with van der Waals surface area (Å²) in [6, 6.07) is 24.5. The smallest absolute Gasteiger partial charge is 0.247 e. The van der Waals surface area contributed by atoms with Gasteiger partial charge < -0.3 is 25.0 Å². The van der Waals surface area contributed by atoms with E-state index in [9.17, 15) is 4.79 Å². The molecule has 2 atom stereocenters. The Morgan fingerprint density at radius 3 is 2.58 bits per heavy atom. The molecule has 2 saturated heterocycles. The van der Waals surface area contributed by atoms with Gasteiger partial charge in [-0.2, -0.15) is 0 Å². The number of rotatable bonds is 11. The van der Waals surface area contributed by atoms with E-state index in [1.165, 1.54) is 25.2 Å². The lowest BCUT2D eigenvalue weighted by atomic mass is 10.0. The van der Waals surface area contributed by atoms with Gasteiger partial charge in [-0.05, 0) is 61.7 Å². The van der Waals surface area contributed by atoms with Crippen LogP contribution in [-0.2, 0) is 9.63 Å². The molecule has 3 heterocycles. The average molecular weight is 648 g/mol. The number of nitrogens with zero attached hydrogens (tertiary/aromatic N) is 5. The van der Waals surface area contributed by atoms with Crippen LogP contribution < -0.4 is 30.1 Å². The van der Waals surface area contributed by atoms with Gasteiger partial charge in [-0.25, -0.2) is 15.0 Å². The molecule has 1 aromatic heterocycles. The second kappa shape index (κ2) is 13.9. The number of carbonyl (C=O) groups excluding carboxylic acids is 1. The van der Waals surface area contributed by atoms with Gasteiger partial charge in [0.2, 0.25) is 5.91 Å². The molecule has 1 amide bonds. The van der Waals surface area contributed by atoms with Crippen LogP contribution in [0.1, 0.15) is 37.8 Å². The minimum atomic E-state index is -0.281. The maximum atomic E-state index is 12.6. The van der Waals surface area contributed by atoms with Gasteiger partial charge in [-0.3, -0.25) is 14.5 Å². The van der Waals surface area contributed by atoms with Crippen molar-refractivity contribution in [3.05, 3.63) is 97.3 Å². The number of hydrogen-bond donors (Lipinski definition) is 2. The van der Waals surface area contributed by atoms with Crippen LogP contribution in [0.4, 0.5) is 28.7 Å². The van der Waals surface area contributed by atoms with Gasteiger partial charge in [-0.15, -0.1) is 0 Å². The number of para-hydroxylation sites is 1. The predicted molar refractivity (Wildman–Crippen MR) is 187 cm³/mol. The van der Waals surface area contributed by atoms with Crippen LogP contribution in [0.3, 0.4) is 0 Å². The summed E-state index contributed by atoms with van der Waals surface area (Å²) < 4.78 is 12.0. The number of anilines is 5. The Morgan fingerprint density at radius 2 is 1.81 bits per heavy atom. The Bertz CT molecular complexity index is 1770. The van der Waals surface area contributed by atoms with E-state index in [1.54, 1.807) is 7.11 Å². The normalized spacial score (nSPS) is 19.5. The summed E-state index contributed by atoms with van der Waals surface area (Å²) in [5.74, 6) is 3.05. The third kappa shape index (κ3) is 6.92. The zero-order valence-electron chi connectivity index (χ0n) is 27.3. The fraction of sp³-hybridized carbons (Fsp3) is 0.324. The van der Waals surface area contributed by atoms with Crippen molar-refractivity contribution in [2.75, 3.05) is 53.9 Å². The van der Waals surface area contributed by atoms with E-state index >= 15 is 0 Å². The number of ether oxygens (including phenoxy) is 2. The fourth-order valence-corrected chi connectivity index (χ4v) is 6.60. The standard InChI is InChI=1S/C37H41N7O4/c1-4-37(45)41-30-20-31(34(46-3)21-33(30)42-16-17-43(25(2)23-42)27-13-14-27)40-35-22-36(39-24-38-35)44-32(15-18-47-44)26-9-8-12-29(19-26)48-28-10-6-5-7-11-28/h4-12,19-22,24-25,27,32H,1,13-18,23H2,2-3H3,(H,41,45)(H,38,39,40)/t25-,32-/m1/s1. The summed E-state index contributed by atoms with van der Waals surface area (Å²) >= 11 is 0. The van der Waals surface area contributed by atoms with Crippen LogP contribution in [0.2, 0.25) is 0 Å². The first-order valence-electron chi connectivity index (χ1n) is 16.5. The van der Waals surface area contributed by atoms with Gasteiger partial charge in [0.1, 0.15) is 29.4 Å². The lowest BCUT2D eigenvalue weighted by Crippen LogP contribution is -2.52. The van der Waals surface area contributed by atoms with Crippen molar-refractivity contribution in [1.82, 2.24) is 14.9 Å². The van der Waals surface area contributed by atoms with E-state index in [0.29, 0.717) is 47.5 Å². The lowest BCUT2D eigenvalue weighted by molar-refractivity contribution is -0.111. The first-order chi connectivity index (χ1) is 23.5. The molecule has 4 aromatic rings. The van der Waals surface area contributed by atoms with Crippen LogP contribution in [0, 0.1) is 0 Å². The third-order valence-electron chi connectivity index (χ3n) is 9.06. The number of carbonyl (C=O) groups is 1. The van der Waals surface area contributed by atoms with Crippen LogP contribution in [0.15, 0.2) is 91.8 Å². The number of piperazine rings is 1. The van der Waals surface area contributed by atoms with Crippen LogP contribution in [0.25, 0.3) is 0 Å². The molecule has 0 radical (unpaired) electrons. The molecule has 3 aliphatic rings. The average Bonchev–Trinajstić information content (AvgIpc) is 3.83. The number of benzene rings is 3. The molecular weight excluding hydrogens is 606 g/mol. The van der Waals surface area contributed by atoms with Gasteiger partial charge >= 0.3 is 0 Å². The van der Waals surface area contributed by atoms with E-state index in [2.05, 4.69) is 50.0 Å². The number of amides is 1. The third-order valence-corrected chi connectivity index (χ3v) is 9.06. The summed E-state index contributed by atoms with van der Waals surface area (Å²) in [6.07, 6.45) is 6.14. The molecule has 2 N–H and O–H groups in total. The second-order valence-electron chi connectivity index (χ2n) is 12.4. The Kier molecular flexibility index (Phi) is 9.13. The highest BCUT2D eigenvalue weighted by molar-refractivity contribution is 6.02. The number of aromatic nitrogens is 2. The Morgan fingerprint density at radius 1 is 0.979 bits per heavy atom. The van der Waals surface area contributed by atoms with E-state index in [-0.39, 0.29) is 11.9 Å². The lowest BCUT2D eigenvalue weighted by Gasteiger charge is -2.42. The number of hydrogen-bond acceptors (Lipinski definition) is 10. The molecule has 1 aliphatic carbocycles. The van der Waals surface area contributed by atoms with E-state index in [0.717, 1.165) is 48.8 Å². The van der Waals surface area contributed by atoms with Crippen molar-refractivity contribution in [3.63, 3.8) is 0 Å². The van der Waals surface area contributed by atoms with Crippen molar-refractivity contribution in [3.8, 4) is 17.2 Å². The zero-order chi connectivity index (χ0) is 33.0. The van der Waals surface area contributed by atoms with Gasteiger partial charge in [0.25, 0.3) is 0 Å². The maximum Gasteiger partial charge on any atom is 0.247 e. The molecule has 11 heteroatoms. The summed E-state index contributed by atoms with van der Waals surface area (Å²) in [5.41, 5.74) is 3.29. The van der Waals surface area contributed by atoms with E-state index in [4.69, 9.17) is 14.3 Å². The predicted octanol–water partition coefficient (Wildman–Crippen LogP) is 6.70. The molecule has 3 fully saturated rings. The van der Waals surface area contributed by atoms with Gasteiger partial charge in [-0.1, -0.05) is 36.9 Å². The highest BCUT2D eigenvalue weighted by atomic mass is 16.7. The zero-order valence-corrected chi connectivity index (χ0v) is 27.3. The molecule has 11 nitrogen and oxygen atoms in total. The largest absolute Gasteiger partial charge is 0.494 e. The molecule has 7 rings (SSSR count). The number of hydroxylamine groups is 1. The summed E-state index contributed by atoms with van der Waals surface area (Å²) in [7, 11) is 1.64. The van der Waals surface area contributed by atoms with Crippen LogP contribution in [-0.4, -0.2) is 66.2 Å². The van der Waals surface area contributed by atoms with E-state index in [1.807, 2.05) is 71.8 Å². The van der Waals surface area contributed by atoms with Crippen molar-refractivity contribution in [2.45, 2.75) is 44.3 Å². The first kappa shape index (κ1) is 31.5. The van der Waals surface area contributed by atoms with Crippen molar-refractivity contribution in [1.29, 1.82) is 0 Å². The molecule has 248 valence electrons.